The Morgan fingerprint density at radius 3 is 1.62 bits per heavy atom. The van der Waals surface area contributed by atoms with Crippen LogP contribution in [0.2, 0.25) is 0 Å². The minimum absolute atomic E-state index is 0. The van der Waals surface area contributed by atoms with E-state index in [1.807, 2.05) is 13.8 Å². The summed E-state index contributed by atoms with van der Waals surface area (Å²) in [6.07, 6.45) is 0. The van der Waals surface area contributed by atoms with Gasteiger partial charge in [-0.3, -0.25) is 0 Å². The van der Waals surface area contributed by atoms with Crippen molar-refractivity contribution in [2.45, 2.75) is 13.8 Å². The Balaban J connectivity index is 0.000000490. The molecule has 1 N–H and O–H groups in total. The Hall–Kier alpha value is 0.280. The molecular weight excluding hydrogens is 109 g/mol. The molecule has 0 spiro atoms. The fourth-order valence-electron chi connectivity index (χ4n) is 0.644. The van der Waals surface area contributed by atoms with Crippen LogP contribution in [0.15, 0.2) is 12.1 Å². The van der Waals surface area contributed by atoms with E-state index >= 15 is 0 Å². The largest absolute Gasteiger partial charge is 0.363 e. The zero-order chi connectivity index (χ0) is 5.28. The van der Waals surface area contributed by atoms with Gasteiger partial charge in [0.1, 0.15) is 0 Å². The molecule has 2 heteroatoms. The standard InChI is InChI=1S/C6H9N.Na/c1-5-3-4-6(2)7-5;/h3-4,7H,1-2H3;. The van der Waals surface area contributed by atoms with E-state index in [1.165, 1.54) is 11.4 Å². The second-order valence-electron chi connectivity index (χ2n) is 1.82. The number of H-pyrrole nitrogens is 1. The first-order chi connectivity index (χ1) is 3.29. The van der Waals surface area contributed by atoms with Crippen LogP contribution >= 0.6 is 0 Å². The molecule has 0 aliphatic rings. The van der Waals surface area contributed by atoms with Crippen molar-refractivity contribution in [2.75, 3.05) is 0 Å². The summed E-state index contributed by atoms with van der Waals surface area (Å²) in [6.45, 7) is 4.10. The van der Waals surface area contributed by atoms with Gasteiger partial charge in [-0.1, -0.05) is 0 Å². The first kappa shape index (κ1) is 8.28. The molecule has 1 aromatic rings. The predicted octanol–water partition coefficient (Wildman–Crippen LogP) is 1.25. The van der Waals surface area contributed by atoms with Crippen LogP contribution in [0.1, 0.15) is 11.4 Å². The zero-order valence-corrected chi connectivity index (χ0v) is 7.65. The summed E-state index contributed by atoms with van der Waals surface area (Å²) in [7, 11) is 0. The van der Waals surface area contributed by atoms with Crippen LogP contribution in [0.4, 0.5) is 0 Å². The van der Waals surface area contributed by atoms with Crippen LogP contribution in [0.3, 0.4) is 0 Å². The van der Waals surface area contributed by atoms with Gasteiger partial charge in [0.2, 0.25) is 0 Å². The maximum absolute atomic E-state index is 3.14. The van der Waals surface area contributed by atoms with E-state index in [2.05, 4.69) is 17.1 Å². The number of nitrogens with one attached hydrogen (secondary N) is 1. The molecule has 1 heterocycles. The van der Waals surface area contributed by atoms with Gasteiger partial charge in [-0.25, -0.2) is 0 Å². The van der Waals surface area contributed by atoms with Gasteiger partial charge in [0, 0.05) is 40.9 Å². The molecule has 39 valence electrons. The second-order valence-corrected chi connectivity index (χ2v) is 1.82. The van der Waals surface area contributed by atoms with Crippen molar-refractivity contribution >= 4 is 29.6 Å². The minimum atomic E-state index is 0. The van der Waals surface area contributed by atoms with Gasteiger partial charge < -0.3 is 4.98 Å². The van der Waals surface area contributed by atoms with Gasteiger partial charge in [-0.2, -0.15) is 0 Å². The molecule has 0 aliphatic heterocycles. The third-order valence-corrected chi connectivity index (χ3v) is 0.978. The summed E-state index contributed by atoms with van der Waals surface area (Å²) < 4.78 is 0. The molecule has 1 aromatic heterocycles. The molecule has 0 amide bonds. The number of aromatic amines is 1. The van der Waals surface area contributed by atoms with Crippen LogP contribution in [-0.2, 0) is 0 Å². The summed E-state index contributed by atoms with van der Waals surface area (Å²) in [6, 6.07) is 4.13. The number of aryl methyl sites for hydroxylation is 2. The van der Waals surface area contributed by atoms with E-state index < -0.39 is 0 Å². The third kappa shape index (κ3) is 2.03. The molecule has 0 saturated heterocycles. The van der Waals surface area contributed by atoms with Crippen LogP contribution in [-0.4, -0.2) is 34.5 Å². The van der Waals surface area contributed by atoms with Crippen molar-refractivity contribution in [1.82, 2.24) is 4.98 Å². The van der Waals surface area contributed by atoms with E-state index in [-0.39, 0.29) is 29.6 Å². The van der Waals surface area contributed by atoms with Crippen molar-refractivity contribution in [3.8, 4) is 0 Å². The maximum atomic E-state index is 3.14. The smallest absolute Gasteiger partial charge is 0.0117 e. The van der Waals surface area contributed by atoms with E-state index in [9.17, 15) is 0 Å². The molecule has 1 rings (SSSR count). The van der Waals surface area contributed by atoms with Gasteiger partial charge >= 0.3 is 0 Å². The summed E-state index contributed by atoms with van der Waals surface area (Å²) >= 11 is 0. The summed E-state index contributed by atoms with van der Waals surface area (Å²) in [5.41, 5.74) is 2.47. The molecule has 0 unspecified atom stereocenters. The average Bonchev–Trinajstić information content (AvgIpc) is 1.87. The molecular formula is C6H9NNa. The SMILES string of the molecule is Cc1ccc(C)[nH]1.[Na]. The fourth-order valence-corrected chi connectivity index (χ4v) is 0.644. The van der Waals surface area contributed by atoms with E-state index in [0.717, 1.165) is 0 Å². The van der Waals surface area contributed by atoms with Crippen molar-refractivity contribution in [2.24, 2.45) is 0 Å². The Kier molecular flexibility index (Phi) is 3.45. The average molecular weight is 118 g/mol. The summed E-state index contributed by atoms with van der Waals surface area (Å²) in [5, 5.41) is 0. The first-order valence-corrected chi connectivity index (χ1v) is 2.41. The van der Waals surface area contributed by atoms with Gasteiger partial charge in [0.15, 0.2) is 0 Å². The second kappa shape index (κ2) is 3.33. The monoisotopic (exact) mass is 118 g/mol. The zero-order valence-electron chi connectivity index (χ0n) is 5.65. The molecule has 1 nitrogen and oxygen atoms in total. The van der Waals surface area contributed by atoms with E-state index in [1.54, 1.807) is 0 Å². The predicted molar refractivity (Wildman–Crippen MR) is 36.0 cm³/mol. The van der Waals surface area contributed by atoms with Gasteiger partial charge in [-0.15, -0.1) is 0 Å². The van der Waals surface area contributed by atoms with Gasteiger partial charge in [-0.05, 0) is 26.0 Å². The van der Waals surface area contributed by atoms with E-state index in [0.29, 0.717) is 0 Å². The van der Waals surface area contributed by atoms with Gasteiger partial charge in [0.25, 0.3) is 0 Å². The quantitative estimate of drug-likeness (QED) is 0.493. The first-order valence-electron chi connectivity index (χ1n) is 2.41. The number of hydrogen-bond donors (Lipinski definition) is 1. The fraction of sp³-hybridized carbons (Fsp3) is 0.333. The van der Waals surface area contributed by atoms with E-state index in [4.69, 9.17) is 0 Å². The Morgan fingerprint density at radius 1 is 1.12 bits per heavy atom. The molecule has 0 atom stereocenters. The Labute approximate surface area is 71.8 Å². The topological polar surface area (TPSA) is 15.8 Å². The summed E-state index contributed by atoms with van der Waals surface area (Å²) in [4.78, 5) is 3.14. The van der Waals surface area contributed by atoms with Crippen molar-refractivity contribution < 1.29 is 0 Å². The Bertz CT molecular complexity index is 141. The van der Waals surface area contributed by atoms with Gasteiger partial charge in [0.05, 0.1) is 0 Å². The number of hydrogen-bond acceptors (Lipinski definition) is 0. The number of rotatable bonds is 0. The summed E-state index contributed by atoms with van der Waals surface area (Å²) in [5.74, 6) is 0. The van der Waals surface area contributed by atoms with Crippen LogP contribution < -0.4 is 0 Å². The molecule has 8 heavy (non-hydrogen) atoms. The van der Waals surface area contributed by atoms with Crippen LogP contribution in [0.25, 0.3) is 0 Å². The third-order valence-electron chi connectivity index (χ3n) is 0.978. The molecule has 1 radical (unpaired) electrons. The van der Waals surface area contributed by atoms with Crippen molar-refractivity contribution in [3.63, 3.8) is 0 Å². The Morgan fingerprint density at radius 2 is 1.50 bits per heavy atom. The maximum Gasteiger partial charge on any atom is 0.0117 e. The molecule has 0 fully saturated rings. The minimum Gasteiger partial charge on any atom is -0.363 e. The van der Waals surface area contributed by atoms with Crippen molar-refractivity contribution in [1.29, 1.82) is 0 Å². The normalized spacial score (nSPS) is 8.25. The van der Waals surface area contributed by atoms with Crippen LogP contribution in [0.5, 0.6) is 0 Å². The van der Waals surface area contributed by atoms with Crippen LogP contribution in [0, 0.1) is 13.8 Å². The van der Waals surface area contributed by atoms with Crippen molar-refractivity contribution in [3.05, 3.63) is 23.5 Å². The molecule has 0 aliphatic carbocycles. The molecule has 0 bridgehead atoms. The molecule has 0 aromatic carbocycles. The molecule has 0 saturated carbocycles. The number of aromatic nitrogens is 1.